The van der Waals surface area contributed by atoms with E-state index in [0.29, 0.717) is 19.3 Å². The first-order valence-corrected chi connectivity index (χ1v) is 7.16. The molecule has 0 aliphatic carbocycles. The number of hydrogen-bond acceptors (Lipinski definition) is 2. The van der Waals surface area contributed by atoms with Crippen molar-refractivity contribution in [2.24, 2.45) is 0 Å². The van der Waals surface area contributed by atoms with Crippen LogP contribution in [0.25, 0.3) is 0 Å². The van der Waals surface area contributed by atoms with Crippen molar-refractivity contribution >= 4 is 0 Å². The van der Waals surface area contributed by atoms with Crippen LogP contribution in [0.2, 0.25) is 0 Å². The van der Waals surface area contributed by atoms with Gasteiger partial charge < -0.3 is 10.2 Å². The Balaban J connectivity index is 2.04. The first kappa shape index (κ1) is 14.8. The van der Waals surface area contributed by atoms with Gasteiger partial charge in [0.2, 0.25) is 0 Å². The highest BCUT2D eigenvalue weighted by Gasteiger charge is 2.27. The lowest BCUT2D eigenvalue weighted by Gasteiger charge is -2.28. The Labute approximate surface area is 120 Å². The van der Waals surface area contributed by atoms with Crippen LogP contribution in [0.4, 0.5) is 0 Å². The maximum absolute atomic E-state index is 10.8. The van der Waals surface area contributed by atoms with Crippen molar-refractivity contribution in [3.05, 3.63) is 71.8 Å². The molecule has 2 aromatic rings. The maximum atomic E-state index is 10.8. The van der Waals surface area contributed by atoms with Crippen molar-refractivity contribution in [1.82, 2.24) is 0 Å². The summed E-state index contributed by atoms with van der Waals surface area (Å²) in [7, 11) is 0. The lowest BCUT2D eigenvalue weighted by Crippen LogP contribution is -2.25. The Kier molecular flexibility index (Phi) is 4.94. The molecule has 2 nitrogen and oxygen atoms in total. The molecule has 0 saturated carbocycles. The van der Waals surface area contributed by atoms with Crippen LogP contribution >= 0.6 is 0 Å². The molecule has 0 spiro atoms. The van der Waals surface area contributed by atoms with E-state index in [1.54, 1.807) is 0 Å². The molecule has 0 aliphatic rings. The summed E-state index contributed by atoms with van der Waals surface area (Å²) < 4.78 is 0. The van der Waals surface area contributed by atoms with Crippen LogP contribution in [0.5, 0.6) is 0 Å². The van der Waals surface area contributed by atoms with Gasteiger partial charge in [0.1, 0.15) is 0 Å². The van der Waals surface area contributed by atoms with Gasteiger partial charge >= 0.3 is 0 Å². The summed E-state index contributed by atoms with van der Waals surface area (Å²) in [5.41, 5.74) is 0.957. The van der Waals surface area contributed by atoms with Crippen molar-refractivity contribution in [2.45, 2.75) is 37.9 Å². The van der Waals surface area contributed by atoms with Crippen molar-refractivity contribution in [3.8, 4) is 0 Å². The van der Waals surface area contributed by atoms with E-state index in [1.165, 1.54) is 0 Å². The second-order valence-corrected chi connectivity index (χ2v) is 5.22. The van der Waals surface area contributed by atoms with Crippen LogP contribution in [0.3, 0.4) is 0 Å². The Morgan fingerprint density at radius 3 is 2.05 bits per heavy atom. The van der Waals surface area contributed by atoms with Gasteiger partial charge in [-0.1, -0.05) is 67.6 Å². The van der Waals surface area contributed by atoms with Crippen LogP contribution < -0.4 is 0 Å². The van der Waals surface area contributed by atoms with E-state index in [1.807, 2.05) is 67.6 Å². The largest absolute Gasteiger partial charge is 0.388 e. The molecule has 0 aromatic heterocycles. The molecule has 2 atom stereocenters. The van der Waals surface area contributed by atoms with Gasteiger partial charge in [0.25, 0.3) is 0 Å². The van der Waals surface area contributed by atoms with Gasteiger partial charge in [0, 0.05) is 0 Å². The second kappa shape index (κ2) is 6.69. The van der Waals surface area contributed by atoms with E-state index in [4.69, 9.17) is 0 Å². The van der Waals surface area contributed by atoms with E-state index < -0.39 is 11.7 Å². The van der Waals surface area contributed by atoms with Crippen LogP contribution in [0.15, 0.2) is 60.7 Å². The summed E-state index contributed by atoms with van der Waals surface area (Å²) in [5.74, 6) is 0. The molecule has 20 heavy (non-hydrogen) atoms. The lowest BCUT2D eigenvalue weighted by atomic mass is 9.85. The minimum absolute atomic E-state index is 0.530. The highest BCUT2D eigenvalue weighted by atomic mass is 16.3. The van der Waals surface area contributed by atoms with E-state index in [-0.39, 0.29) is 0 Å². The molecule has 0 radical (unpaired) electrons. The SMILES string of the molecule is CCC(O)(CCC(O)c1ccccc1)c1ccccc1. The van der Waals surface area contributed by atoms with E-state index in [2.05, 4.69) is 0 Å². The second-order valence-electron chi connectivity index (χ2n) is 5.22. The summed E-state index contributed by atoms with van der Waals surface area (Å²) in [6.45, 7) is 1.97. The van der Waals surface area contributed by atoms with Gasteiger partial charge in [0.05, 0.1) is 11.7 Å². The molecule has 0 fully saturated rings. The van der Waals surface area contributed by atoms with Crippen molar-refractivity contribution in [2.75, 3.05) is 0 Å². The number of rotatable bonds is 6. The summed E-state index contributed by atoms with van der Waals surface area (Å²) in [6.07, 6.45) is 1.20. The molecule has 0 bridgehead atoms. The number of aliphatic hydroxyl groups is 2. The van der Waals surface area contributed by atoms with E-state index >= 15 is 0 Å². The summed E-state index contributed by atoms with van der Waals surface area (Å²) >= 11 is 0. The van der Waals surface area contributed by atoms with Crippen LogP contribution in [0.1, 0.15) is 43.4 Å². The Hall–Kier alpha value is -1.64. The molecule has 2 rings (SSSR count). The number of benzene rings is 2. The van der Waals surface area contributed by atoms with Gasteiger partial charge in [-0.05, 0) is 30.4 Å². The number of aliphatic hydroxyl groups excluding tert-OH is 1. The summed E-state index contributed by atoms with van der Waals surface area (Å²) in [6, 6.07) is 19.3. The molecule has 2 aromatic carbocycles. The average molecular weight is 270 g/mol. The fourth-order valence-corrected chi connectivity index (χ4v) is 2.49. The zero-order valence-electron chi connectivity index (χ0n) is 11.9. The molecule has 2 N–H and O–H groups in total. The minimum Gasteiger partial charge on any atom is -0.388 e. The monoisotopic (exact) mass is 270 g/mol. The standard InChI is InChI=1S/C18H22O2/c1-2-18(20,16-11-7-4-8-12-16)14-13-17(19)15-9-5-3-6-10-15/h3-12,17,19-20H,2,13-14H2,1H3. The Morgan fingerprint density at radius 2 is 1.50 bits per heavy atom. The highest BCUT2D eigenvalue weighted by Crippen LogP contribution is 2.32. The average Bonchev–Trinajstić information content (AvgIpc) is 2.54. The highest BCUT2D eigenvalue weighted by molar-refractivity contribution is 5.22. The zero-order chi connectivity index (χ0) is 14.4. The smallest absolute Gasteiger partial charge is 0.0895 e. The predicted octanol–water partition coefficient (Wildman–Crippen LogP) is 3.80. The molecule has 0 amide bonds. The van der Waals surface area contributed by atoms with Gasteiger partial charge in [-0.3, -0.25) is 0 Å². The molecule has 0 saturated heterocycles. The third-order valence-electron chi connectivity index (χ3n) is 3.91. The van der Waals surface area contributed by atoms with Crippen LogP contribution in [-0.2, 0) is 5.60 Å². The van der Waals surface area contributed by atoms with E-state index in [9.17, 15) is 10.2 Å². The first-order chi connectivity index (χ1) is 9.65. The first-order valence-electron chi connectivity index (χ1n) is 7.16. The topological polar surface area (TPSA) is 40.5 Å². The Morgan fingerprint density at radius 1 is 0.950 bits per heavy atom. The van der Waals surface area contributed by atoms with Gasteiger partial charge in [-0.2, -0.15) is 0 Å². The molecular formula is C18H22O2. The maximum Gasteiger partial charge on any atom is 0.0895 e. The lowest BCUT2D eigenvalue weighted by molar-refractivity contribution is 0.00745. The normalized spacial score (nSPS) is 15.6. The van der Waals surface area contributed by atoms with Crippen molar-refractivity contribution in [1.29, 1.82) is 0 Å². The minimum atomic E-state index is -0.864. The summed E-state index contributed by atoms with van der Waals surface area (Å²) in [5, 5.41) is 21.0. The molecule has 106 valence electrons. The molecule has 2 unspecified atom stereocenters. The summed E-state index contributed by atoms with van der Waals surface area (Å²) in [4.78, 5) is 0. The number of hydrogen-bond donors (Lipinski definition) is 2. The molecule has 2 heteroatoms. The fraction of sp³-hybridized carbons (Fsp3) is 0.333. The predicted molar refractivity (Wildman–Crippen MR) is 81.3 cm³/mol. The quantitative estimate of drug-likeness (QED) is 0.838. The zero-order valence-corrected chi connectivity index (χ0v) is 11.9. The van der Waals surface area contributed by atoms with Crippen molar-refractivity contribution in [3.63, 3.8) is 0 Å². The van der Waals surface area contributed by atoms with Crippen LogP contribution in [0, 0.1) is 0 Å². The van der Waals surface area contributed by atoms with Gasteiger partial charge in [-0.15, -0.1) is 0 Å². The van der Waals surface area contributed by atoms with E-state index in [0.717, 1.165) is 11.1 Å². The molecular weight excluding hydrogens is 248 g/mol. The third-order valence-corrected chi connectivity index (χ3v) is 3.91. The fourth-order valence-electron chi connectivity index (χ4n) is 2.49. The van der Waals surface area contributed by atoms with Gasteiger partial charge in [0.15, 0.2) is 0 Å². The molecule has 0 heterocycles. The van der Waals surface area contributed by atoms with Crippen LogP contribution in [-0.4, -0.2) is 10.2 Å². The third kappa shape index (κ3) is 3.47. The van der Waals surface area contributed by atoms with Gasteiger partial charge in [-0.25, -0.2) is 0 Å². The Bertz CT molecular complexity index is 509. The molecule has 0 aliphatic heterocycles. The van der Waals surface area contributed by atoms with Crippen molar-refractivity contribution < 1.29 is 10.2 Å².